The van der Waals surface area contributed by atoms with E-state index >= 15 is 0 Å². The summed E-state index contributed by atoms with van der Waals surface area (Å²) in [6.45, 7) is 1.70. The molecule has 13 heteroatoms. The molecule has 2 bridgehead atoms. The van der Waals surface area contributed by atoms with E-state index in [4.69, 9.17) is 10.7 Å². The number of piperidine rings is 1. The van der Waals surface area contributed by atoms with Crippen molar-refractivity contribution in [2.45, 2.75) is 61.6 Å². The van der Waals surface area contributed by atoms with Crippen molar-refractivity contribution < 1.29 is 18.3 Å². The summed E-state index contributed by atoms with van der Waals surface area (Å²) in [6, 6.07) is 7.26. The standard InChI is InChI=1S/C25H28N8O4S/c1-13(34)14-3-5-15(6-4-14)19-11-29-33-22(26)21(38(2,36)37)20(30-24(19)33)16-9-17-7-8-18(10-16)32(17)25(35)23-27-12-28-31-23/h3-6,11-13,16-18,34H,7-10,26H2,1-2H3,(H,27,28,31). The number of H-pyrrole nitrogens is 1. The van der Waals surface area contributed by atoms with Gasteiger partial charge in [0.05, 0.1) is 18.0 Å². The maximum Gasteiger partial charge on any atom is 0.291 e. The smallest absolute Gasteiger partial charge is 0.291 e. The van der Waals surface area contributed by atoms with Crippen LogP contribution in [0.1, 0.15) is 66.5 Å². The highest BCUT2D eigenvalue weighted by Gasteiger charge is 2.46. The molecule has 5 heterocycles. The highest BCUT2D eigenvalue weighted by atomic mass is 32.2. The van der Waals surface area contributed by atoms with E-state index in [1.165, 1.54) is 10.8 Å². The molecule has 0 radical (unpaired) electrons. The largest absolute Gasteiger partial charge is 0.389 e. The van der Waals surface area contributed by atoms with Crippen molar-refractivity contribution in [3.8, 4) is 11.1 Å². The van der Waals surface area contributed by atoms with Gasteiger partial charge in [-0.2, -0.15) is 14.7 Å². The van der Waals surface area contributed by atoms with Crippen LogP contribution in [0.5, 0.6) is 0 Å². The lowest BCUT2D eigenvalue weighted by Gasteiger charge is -2.38. The number of nitrogens with zero attached hydrogens (tertiary/aromatic N) is 6. The highest BCUT2D eigenvalue weighted by molar-refractivity contribution is 7.91. The van der Waals surface area contributed by atoms with Crippen LogP contribution in [0, 0.1) is 0 Å². The molecule has 3 unspecified atom stereocenters. The second-order valence-corrected chi connectivity index (χ2v) is 12.1. The number of amides is 1. The Kier molecular flexibility index (Phi) is 5.72. The SMILES string of the molecule is CC(O)c1ccc(-c2cnn3c(N)c(S(C)(=O)=O)c(C4CC5CCC(C4)N5C(=O)c4ncn[nH]4)nc23)cc1. The number of benzene rings is 1. The number of anilines is 1. The van der Waals surface area contributed by atoms with Gasteiger partial charge < -0.3 is 15.7 Å². The first-order valence-electron chi connectivity index (χ1n) is 12.5. The van der Waals surface area contributed by atoms with E-state index in [1.54, 1.807) is 13.1 Å². The van der Waals surface area contributed by atoms with Crippen molar-refractivity contribution in [2.75, 3.05) is 12.0 Å². The van der Waals surface area contributed by atoms with Crippen molar-refractivity contribution >= 4 is 27.2 Å². The number of aromatic nitrogens is 6. The predicted octanol–water partition coefficient (Wildman–Crippen LogP) is 2.10. The third kappa shape index (κ3) is 3.93. The molecule has 3 atom stereocenters. The van der Waals surface area contributed by atoms with Crippen LogP contribution in [-0.4, -0.2) is 72.5 Å². The van der Waals surface area contributed by atoms with E-state index in [-0.39, 0.29) is 40.4 Å². The third-order valence-electron chi connectivity index (χ3n) is 7.71. The number of aromatic amines is 1. The molecular weight excluding hydrogens is 508 g/mol. The molecule has 198 valence electrons. The fourth-order valence-electron chi connectivity index (χ4n) is 5.98. The molecule has 0 saturated carbocycles. The van der Waals surface area contributed by atoms with Crippen LogP contribution >= 0.6 is 0 Å². The number of nitrogens with one attached hydrogen (secondary N) is 1. The summed E-state index contributed by atoms with van der Waals surface area (Å²) in [5, 5.41) is 20.7. The van der Waals surface area contributed by atoms with Gasteiger partial charge in [0, 0.05) is 29.8 Å². The lowest BCUT2D eigenvalue weighted by Crippen LogP contribution is -2.46. The van der Waals surface area contributed by atoms with Crippen LogP contribution < -0.4 is 5.73 Å². The van der Waals surface area contributed by atoms with E-state index in [0.29, 0.717) is 29.7 Å². The molecule has 4 aromatic rings. The fraction of sp³-hybridized carbons (Fsp3) is 0.400. The lowest BCUT2D eigenvalue weighted by molar-refractivity contribution is 0.0556. The zero-order chi connectivity index (χ0) is 26.8. The van der Waals surface area contributed by atoms with Crippen molar-refractivity contribution in [3.63, 3.8) is 0 Å². The van der Waals surface area contributed by atoms with Crippen LogP contribution in [0.25, 0.3) is 16.8 Å². The monoisotopic (exact) mass is 536 g/mol. The average molecular weight is 537 g/mol. The normalized spacial score (nSPS) is 22.2. The van der Waals surface area contributed by atoms with E-state index in [1.807, 2.05) is 29.2 Å². The Hall–Kier alpha value is -3.84. The van der Waals surface area contributed by atoms with Crippen molar-refractivity contribution in [1.82, 2.24) is 34.7 Å². The first kappa shape index (κ1) is 24.5. The quantitative estimate of drug-likeness (QED) is 0.345. The van der Waals surface area contributed by atoms with Crippen LogP contribution in [0.4, 0.5) is 5.82 Å². The minimum Gasteiger partial charge on any atom is -0.389 e. The van der Waals surface area contributed by atoms with Crippen LogP contribution in [0.3, 0.4) is 0 Å². The molecule has 2 aliphatic rings. The number of carbonyl (C=O) groups excluding carboxylic acids is 1. The highest BCUT2D eigenvalue weighted by Crippen LogP contribution is 2.45. The lowest BCUT2D eigenvalue weighted by atomic mass is 9.87. The molecule has 4 N–H and O–H groups in total. The van der Waals surface area contributed by atoms with Gasteiger partial charge in [-0.1, -0.05) is 24.3 Å². The number of fused-ring (bicyclic) bond motifs is 3. The van der Waals surface area contributed by atoms with Crippen molar-refractivity contribution in [2.24, 2.45) is 0 Å². The molecule has 38 heavy (non-hydrogen) atoms. The number of nitrogen functional groups attached to an aromatic ring is 1. The Bertz CT molecular complexity index is 1620. The molecule has 12 nitrogen and oxygen atoms in total. The van der Waals surface area contributed by atoms with Crippen LogP contribution in [0.2, 0.25) is 0 Å². The molecule has 2 saturated heterocycles. The maximum atomic E-state index is 13.1. The molecule has 6 rings (SSSR count). The second kappa shape index (κ2) is 8.88. The predicted molar refractivity (Wildman–Crippen MR) is 138 cm³/mol. The Morgan fingerprint density at radius 3 is 2.45 bits per heavy atom. The Balaban J connectivity index is 1.43. The molecule has 1 amide bonds. The summed E-state index contributed by atoms with van der Waals surface area (Å²) < 4.78 is 27.3. The van der Waals surface area contributed by atoms with Gasteiger partial charge >= 0.3 is 0 Å². The number of aliphatic hydroxyl groups is 1. The first-order chi connectivity index (χ1) is 18.1. The topological polar surface area (TPSA) is 172 Å². The first-order valence-corrected chi connectivity index (χ1v) is 14.4. The summed E-state index contributed by atoms with van der Waals surface area (Å²) in [7, 11) is -3.74. The fourth-order valence-corrected chi connectivity index (χ4v) is 7.04. The number of hydrogen-bond acceptors (Lipinski definition) is 9. The number of rotatable bonds is 5. The Morgan fingerprint density at radius 1 is 1.18 bits per heavy atom. The van der Waals surface area contributed by atoms with Gasteiger partial charge in [0.15, 0.2) is 15.5 Å². The molecule has 2 fully saturated rings. The Morgan fingerprint density at radius 2 is 1.87 bits per heavy atom. The van der Waals surface area contributed by atoms with Gasteiger partial charge in [0.2, 0.25) is 5.82 Å². The van der Waals surface area contributed by atoms with E-state index in [9.17, 15) is 18.3 Å². The van der Waals surface area contributed by atoms with Gasteiger partial charge in [-0.3, -0.25) is 9.89 Å². The molecule has 0 spiro atoms. The summed E-state index contributed by atoms with van der Waals surface area (Å²) in [5.74, 6) is -0.180. The van der Waals surface area contributed by atoms with Gasteiger partial charge in [-0.25, -0.2) is 18.4 Å². The van der Waals surface area contributed by atoms with Gasteiger partial charge in [-0.15, -0.1) is 0 Å². The van der Waals surface area contributed by atoms with E-state index in [2.05, 4.69) is 20.3 Å². The summed E-state index contributed by atoms with van der Waals surface area (Å²) in [6.07, 6.45) is 6.23. The Labute approximate surface area is 218 Å². The molecular formula is C25H28N8O4S. The summed E-state index contributed by atoms with van der Waals surface area (Å²) >= 11 is 0. The molecule has 0 aliphatic carbocycles. The van der Waals surface area contributed by atoms with Gasteiger partial charge in [0.1, 0.15) is 17.0 Å². The van der Waals surface area contributed by atoms with Crippen LogP contribution in [0.15, 0.2) is 41.7 Å². The third-order valence-corrected chi connectivity index (χ3v) is 8.87. The minimum absolute atomic E-state index is 0.0106. The van der Waals surface area contributed by atoms with E-state index < -0.39 is 15.9 Å². The molecule has 1 aromatic carbocycles. The number of carbonyl (C=O) groups is 1. The number of nitrogens with two attached hydrogens (primary N) is 1. The zero-order valence-electron chi connectivity index (χ0n) is 20.9. The summed E-state index contributed by atoms with van der Waals surface area (Å²) in [5.41, 5.74) is 9.64. The van der Waals surface area contributed by atoms with Crippen LogP contribution in [-0.2, 0) is 9.84 Å². The molecule has 2 aliphatic heterocycles. The van der Waals surface area contributed by atoms with E-state index in [0.717, 1.165) is 30.2 Å². The van der Waals surface area contributed by atoms with Crippen molar-refractivity contribution in [1.29, 1.82) is 0 Å². The number of sulfone groups is 1. The average Bonchev–Trinajstić information content (AvgIpc) is 3.61. The molecule has 3 aromatic heterocycles. The number of hydrogen-bond donors (Lipinski definition) is 3. The van der Waals surface area contributed by atoms with Gasteiger partial charge in [-0.05, 0) is 43.7 Å². The summed E-state index contributed by atoms with van der Waals surface area (Å²) in [4.78, 5) is 23.8. The van der Waals surface area contributed by atoms with Crippen molar-refractivity contribution in [3.05, 3.63) is 53.9 Å². The second-order valence-electron chi connectivity index (χ2n) is 10.2. The van der Waals surface area contributed by atoms with Gasteiger partial charge in [0.25, 0.3) is 5.91 Å². The zero-order valence-corrected chi connectivity index (χ0v) is 21.8. The minimum atomic E-state index is -3.74. The number of aliphatic hydroxyl groups excluding tert-OH is 1. The maximum absolute atomic E-state index is 13.1.